The highest BCUT2D eigenvalue weighted by atomic mass is 32.2. The predicted octanol–water partition coefficient (Wildman–Crippen LogP) is 2.07. The topological polar surface area (TPSA) is 17.8 Å². The van der Waals surface area contributed by atoms with Crippen LogP contribution in [0.4, 0.5) is 0 Å². The van der Waals surface area contributed by atoms with Gasteiger partial charge in [0, 0.05) is 12.6 Å². The molecule has 3 heteroatoms. The number of nitrogens with zero attached hydrogens (tertiary/aromatic N) is 2. The minimum absolute atomic E-state index is 0.520. The normalized spacial score (nSPS) is 11.0. The zero-order valence-electron chi connectivity index (χ0n) is 7.38. The van der Waals surface area contributed by atoms with E-state index in [4.69, 9.17) is 0 Å². The van der Waals surface area contributed by atoms with Crippen LogP contribution in [0.15, 0.2) is 5.03 Å². The molecule has 1 radical (unpaired) electrons. The molecule has 0 saturated carbocycles. The number of hydrogen-bond donors (Lipinski definition) is 0. The lowest BCUT2D eigenvalue weighted by Gasteiger charge is -2.04. The summed E-state index contributed by atoms with van der Waals surface area (Å²) in [5, 5.41) is 5.30. The van der Waals surface area contributed by atoms with Gasteiger partial charge in [0.15, 0.2) is 0 Å². The van der Waals surface area contributed by atoms with E-state index < -0.39 is 0 Å². The van der Waals surface area contributed by atoms with E-state index in [1.54, 1.807) is 11.8 Å². The van der Waals surface area contributed by atoms with Crippen molar-refractivity contribution in [2.45, 2.75) is 24.8 Å². The van der Waals surface area contributed by atoms with Crippen LogP contribution in [0.25, 0.3) is 0 Å². The van der Waals surface area contributed by atoms with Crippen molar-refractivity contribution in [1.29, 1.82) is 0 Å². The molecule has 1 heterocycles. The van der Waals surface area contributed by atoms with Gasteiger partial charge >= 0.3 is 0 Å². The van der Waals surface area contributed by atoms with E-state index in [0.29, 0.717) is 5.92 Å². The molecular weight excluding hydrogens is 156 g/mol. The van der Waals surface area contributed by atoms with Crippen molar-refractivity contribution in [1.82, 2.24) is 9.78 Å². The van der Waals surface area contributed by atoms with E-state index in [1.165, 1.54) is 10.6 Å². The van der Waals surface area contributed by atoms with Crippen LogP contribution in [0.3, 0.4) is 0 Å². The van der Waals surface area contributed by atoms with Crippen molar-refractivity contribution >= 4 is 11.8 Å². The fourth-order valence-corrected chi connectivity index (χ4v) is 1.82. The fraction of sp³-hybridized carbons (Fsp3) is 0.625. The van der Waals surface area contributed by atoms with Crippen molar-refractivity contribution in [2.24, 2.45) is 7.05 Å². The lowest BCUT2D eigenvalue weighted by atomic mass is 10.1. The molecule has 1 aromatic rings. The van der Waals surface area contributed by atoms with Gasteiger partial charge in [0.2, 0.25) is 0 Å². The van der Waals surface area contributed by atoms with E-state index in [9.17, 15) is 0 Å². The van der Waals surface area contributed by atoms with Crippen LogP contribution in [-0.2, 0) is 7.05 Å². The maximum absolute atomic E-state index is 4.08. The second-order valence-electron chi connectivity index (χ2n) is 2.81. The van der Waals surface area contributed by atoms with Crippen LogP contribution in [0.2, 0.25) is 0 Å². The van der Waals surface area contributed by atoms with Crippen LogP contribution < -0.4 is 0 Å². The standard InChI is InChI=1S/C8H13N2S/c1-6(2)7-5-9-10(3)8(7)11-4/h6H,1-4H3. The Morgan fingerprint density at radius 3 is 2.55 bits per heavy atom. The van der Waals surface area contributed by atoms with E-state index in [1.807, 2.05) is 11.7 Å². The van der Waals surface area contributed by atoms with Gasteiger partial charge in [0.05, 0.1) is 5.03 Å². The summed E-state index contributed by atoms with van der Waals surface area (Å²) in [6.07, 6.45) is 5.08. The monoisotopic (exact) mass is 169 g/mol. The zero-order chi connectivity index (χ0) is 8.43. The molecule has 61 valence electrons. The smallest absolute Gasteiger partial charge is 0.118 e. The molecule has 0 aliphatic heterocycles. The Balaban J connectivity index is 3.05. The van der Waals surface area contributed by atoms with Crippen molar-refractivity contribution in [2.75, 3.05) is 6.26 Å². The van der Waals surface area contributed by atoms with Gasteiger partial charge < -0.3 is 0 Å². The van der Waals surface area contributed by atoms with E-state index >= 15 is 0 Å². The quantitative estimate of drug-likeness (QED) is 0.631. The molecule has 0 amide bonds. The van der Waals surface area contributed by atoms with E-state index in [0.717, 1.165) is 0 Å². The Morgan fingerprint density at radius 1 is 1.55 bits per heavy atom. The van der Waals surface area contributed by atoms with Gasteiger partial charge in [-0.25, -0.2) is 0 Å². The summed E-state index contributed by atoms with van der Waals surface area (Å²) in [7, 11) is 1.95. The van der Waals surface area contributed by atoms with Gasteiger partial charge in [0.1, 0.15) is 6.20 Å². The summed E-state index contributed by atoms with van der Waals surface area (Å²) in [4.78, 5) is 0. The minimum Gasteiger partial charge on any atom is -0.261 e. The summed E-state index contributed by atoms with van der Waals surface area (Å²) < 4.78 is 1.88. The number of hydrogen-bond acceptors (Lipinski definition) is 2. The van der Waals surface area contributed by atoms with Crippen molar-refractivity contribution in [3.63, 3.8) is 0 Å². The van der Waals surface area contributed by atoms with Gasteiger partial charge in [-0.15, -0.1) is 11.8 Å². The Bertz CT molecular complexity index is 240. The first-order chi connectivity index (χ1) is 5.16. The first-order valence-corrected chi connectivity index (χ1v) is 4.87. The molecule has 11 heavy (non-hydrogen) atoms. The highest BCUT2D eigenvalue weighted by molar-refractivity contribution is 7.98. The lowest BCUT2D eigenvalue weighted by molar-refractivity contribution is 0.686. The highest BCUT2D eigenvalue weighted by Crippen LogP contribution is 2.25. The van der Waals surface area contributed by atoms with Crippen LogP contribution in [0.5, 0.6) is 0 Å². The van der Waals surface area contributed by atoms with Gasteiger partial charge in [-0.3, -0.25) is 4.68 Å². The fourth-order valence-electron chi connectivity index (χ4n) is 1.01. The predicted molar refractivity (Wildman–Crippen MR) is 47.9 cm³/mol. The van der Waals surface area contributed by atoms with Crippen molar-refractivity contribution in [3.05, 3.63) is 11.8 Å². The van der Waals surface area contributed by atoms with Gasteiger partial charge in [-0.05, 0) is 12.2 Å². The molecule has 2 nitrogen and oxygen atoms in total. The summed E-state index contributed by atoms with van der Waals surface area (Å²) in [6.45, 7) is 4.32. The second-order valence-corrected chi connectivity index (χ2v) is 3.61. The van der Waals surface area contributed by atoms with Crippen LogP contribution in [-0.4, -0.2) is 16.0 Å². The van der Waals surface area contributed by atoms with Crippen LogP contribution >= 0.6 is 11.8 Å². The van der Waals surface area contributed by atoms with E-state index in [2.05, 4.69) is 31.4 Å². The third kappa shape index (κ3) is 1.59. The molecular formula is C8H13N2S. The average Bonchev–Trinajstić information content (AvgIpc) is 2.30. The summed E-state index contributed by atoms with van der Waals surface area (Å²) >= 11 is 1.73. The molecule has 0 spiro atoms. The van der Waals surface area contributed by atoms with Crippen molar-refractivity contribution in [3.8, 4) is 0 Å². The lowest BCUT2D eigenvalue weighted by Crippen LogP contribution is -1.93. The third-order valence-corrected chi connectivity index (χ3v) is 2.49. The largest absolute Gasteiger partial charge is 0.261 e. The molecule has 0 aliphatic carbocycles. The summed E-state index contributed by atoms with van der Waals surface area (Å²) in [5.41, 5.74) is 1.22. The average molecular weight is 169 g/mol. The number of aromatic nitrogens is 2. The summed E-state index contributed by atoms with van der Waals surface area (Å²) in [6, 6.07) is 0. The van der Waals surface area contributed by atoms with Gasteiger partial charge in [-0.2, -0.15) is 5.10 Å². The Morgan fingerprint density at radius 2 is 2.18 bits per heavy atom. The number of rotatable bonds is 2. The first kappa shape index (κ1) is 8.65. The maximum Gasteiger partial charge on any atom is 0.118 e. The minimum atomic E-state index is 0.520. The molecule has 0 N–H and O–H groups in total. The van der Waals surface area contributed by atoms with Crippen molar-refractivity contribution < 1.29 is 0 Å². The van der Waals surface area contributed by atoms with Crippen LogP contribution in [0.1, 0.15) is 25.3 Å². The number of aryl methyl sites for hydroxylation is 1. The van der Waals surface area contributed by atoms with Crippen LogP contribution in [0, 0.1) is 6.20 Å². The zero-order valence-corrected chi connectivity index (χ0v) is 8.20. The van der Waals surface area contributed by atoms with Gasteiger partial charge in [-0.1, -0.05) is 13.8 Å². The molecule has 1 aromatic heterocycles. The molecule has 0 aliphatic rings. The van der Waals surface area contributed by atoms with Gasteiger partial charge in [0.25, 0.3) is 0 Å². The molecule has 0 aromatic carbocycles. The SMILES string of the molecule is CSc1c(C(C)C)[c]nn1C. The first-order valence-electron chi connectivity index (χ1n) is 3.65. The maximum atomic E-state index is 4.08. The molecule has 0 fully saturated rings. The molecule has 0 bridgehead atoms. The van der Waals surface area contributed by atoms with E-state index in [-0.39, 0.29) is 0 Å². The Kier molecular flexibility index (Phi) is 2.60. The Hall–Kier alpha value is -0.440. The second kappa shape index (κ2) is 3.30. The molecule has 1 rings (SSSR count). The number of thioether (sulfide) groups is 1. The molecule has 0 unspecified atom stereocenters. The Labute approximate surface area is 72.0 Å². The summed E-state index contributed by atoms with van der Waals surface area (Å²) in [5.74, 6) is 0.520. The molecule has 0 atom stereocenters. The highest BCUT2D eigenvalue weighted by Gasteiger charge is 2.10. The molecule has 0 saturated heterocycles. The third-order valence-electron chi connectivity index (χ3n) is 1.62.